The van der Waals surface area contributed by atoms with Crippen LogP contribution in [0.4, 0.5) is 0 Å². The van der Waals surface area contributed by atoms with E-state index in [4.69, 9.17) is 9.47 Å². The molecule has 1 aromatic carbocycles. The van der Waals surface area contributed by atoms with Crippen LogP contribution in [0.25, 0.3) is 6.08 Å². The Hall–Kier alpha value is -1.49. The van der Waals surface area contributed by atoms with Gasteiger partial charge in [-0.2, -0.15) is 0 Å². The Labute approximate surface area is 199 Å². The molecule has 1 aliphatic rings. The average molecular weight is 545 g/mol. The molecular formula is C28H42O3Sn. The molecule has 1 heterocycles. The van der Waals surface area contributed by atoms with E-state index in [1.807, 2.05) is 30.4 Å². The molecule has 1 aromatic rings. The van der Waals surface area contributed by atoms with E-state index in [2.05, 4.69) is 43.1 Å². The average Bonchev–Trinajstić information content (AvgIpc) is 2.75. The summed E-state index contributed by atoms with van der Waals surface area (Å²) in [6.45, 7) is 10.4. The zero-order valence-corrected chi connectivity index (χ0v) is 23.6. The molecule has 0 aromatic heterocycles. The van der Waals surface area contributed by atoms with Crippen molar-refractivity contribution in [3.05, 3.63) is 57.7 Å². The number of esters is 1. The molecule has 2 rings (SSSR count). The van der Waals surface area contributed by atoms with Crippen LogP contribution in [0.2, 0.25) is 13.3 Å². The van der Waals surface area contributed by atoms with Gasteiger partial charge < -0.3 is 0 Å². The number of carbonyl (C=O) groups excluding carboxylic acids is 1. The number of hydrogen-bond acceptors (Lipinski definition) is 3. The van der Waals surface area contributed by atoms with Gasteiger partial charge in [-0.15, -0.1) is 0 Å². The number of fused-ring (bicyclic) bond motifs is 1. The summed E-state index contributed by atoms with van der Waals surface area (Å²) >= 11 is -2.22. The van der Waals surface area contributed by atoms with Gasteiger partial charge in [0.2, 0.25) is 0 Å². The van der Waals surface area contributed by atoms with Crippen molar-refractivity contribution in [1.82, 2.24) is 0 Å². The van der Waals surface area contributed by atoms with E-state index in [1.54, 1.807) is 13.8 Å². The maximum atomic E-state index is 12.5. The van der Waals surface area contributed by atoms with E-state index < -0.39 is 24.2 Å². The molecule has 32 heavy (non-hydrogen) atoms. The molecule has 0 bridgehead atoms. The summed E-state index contributed by atoms with van der Waals surface area (Å²) in [6.07, 6.45) is 18.5. The molecule has 3 nitrogen and oxygen atoms in total. The van der Waals surface area contributed by atoms with Crippen molar-refractivity contribution in [3.63, 3.8) is 0 Å². The second-order valence-corrected chi connectivity index (χ2v) is 22.4. The molecule has 1 aliphatic heterocycles. The summed E-state index contributed by atoms with van der Waals surface area (Å²) in [5.41, 5.74) is 1.32. The van der Waals surface area contributed by atoms with E-state index >= 15 is 0 Å². The molecule has 0 atom stereocenters. The third-order valence-electron chi connectivity index (χ3n) is 6.10. The number of hydrogen-bond donors (Lipinski definition) is 0. The number of allylic oxidation sites excluding steroid dienone is 4. The Morgan fingerprint density at radius 1 is 0.844 bits per heavy atom. The zero-order chi connectivity index (χ0) is 23.5. The molecule has 0 N–H and O–H groups in total. The normalized spacial score (nSPS) is 16.0. The zero-order valence-electron chi connectivity index (χ0n) is 20.8. The molecule has 0 amide bonds. The van der Waals surface area contributed by atoms with Crippen LogP contribution in [0, 0.1) is 0 Å². The second-order valence-electron chi connectivity index (χ2n) is 9.39. The van der Waals surface area contributed by atoms with E-state index in [-0.39, 0.29) is 5.97 Å². The Kier molecular flexibility index (Phi) is 11.1. The van der Waals surface area contributed by atoms with E-state index in [9.17, 15) is 4.79 Å². The van der Waals surface area contributed by atoms with Gasteiger partial charge in [0.25, 0.3) is 0 Å². The van der Waals surface area contributed by atoms with Crippen molar-refractivity contribution >= 4 is 30.4 Å². The van der Waals surface area contributed by atoms with Crippen LogP contribution < -0.4 is 4.74 Å². The van der Waals surface area contributed by atoms with Gasteiger partial charge in [0, 0.05) is 0 Å². The van der Waals surface area contributed by atoms with Crippen LogP contribution in [0.15, 0.2) is 46.6 Å². The first-order chi connectivity index (χ1) is 15.4. The minimum absolute atomic E-state index is 0.331. The predicted molar refractivity (Wildman–Crippen MR) is 139 cm³/mol. The standard InChI is InChI=1S/C16H15O3.3C4H9.Sn/c1-4-5-6-7-9-12-10-8-11-13-14(12)15(17)19-16(2,3)18-13;3*1-3-4-2;/h1,4-11H,2-3H3;3*1,3-4H2,2H3;/b4-1?,6-5+,9-7+;;;;. The summed E-state index contributed by atoms with van der Waals surface area (Å²) in [4.78, 5) is 12.5. The molecule has 0 aliphatic carbocycles. The van der Waals surface area contributed by atoms with Gasteiger partial charge in [0.1, 0.15) is 0 Å². The molecule has 4 heteroatoms. The van der Waals surface area contributed by atoms with Crippen LogP contribution in [0.1, 0.15) is 89.1 Å². The molecule has 0 radical (unpaired) electrons. The molecule has 0 saturated heterocycles. The number of rotatable bonds is 13. The summed E-state index contributed by atoms with van der Waals surface area (Å²) in [5.74, 6) is -0.677. The predicted octanol–water partition coefficient (Wildman–Crippen LogP) is 8.49. The number of carbonyl (C=O) groups is 1. The van der Waals surface area contributed by atoms with Crippen LogP contribution in [0.3, 0.4) is 0 Å². The summed E-state index contributed by atoms with van der Waals surface area (Å²) in [5, 5.41) is 0. The SMILES string of the molecule is CCC[CH2][Sn](/[CH]=C/C=C/C=C/c1cccc2c1C(=O)OC(C)(C)O2)([CH2]CCC)[CH2]CCC. The van der Waals surface area contributed by atoms with Crippen molar-refractivity contribution < 1.29 is 14.3 Å². The Bertz CT molecular complexity index is 798. The third-order valence-corrected chi connectivity index (χ3v) is 20.2. The van der Waals surface area contributed by atoms with E-state index in [0.29, 0.717) is 11.3 Å². The van der Waals surface area contributed by atoms with Crippen LogP contribution in [0.5, 0.6) is 5.75 Å². The summed E-state index contributed by atoms with van der Waals surface area (Å²) in [6, 6.07) is 5.65. The fourth-order valence-corrected chi connectivity index (χ4v) is 18.4. The third kappa shape index (κ3) is 8.13. The van der Waals surface area contributed by atoms with Crippen molar-refractivity contribution in [3.8, 4) is 5.75 Å². The Morgan fingerprint density at radius 3 is 2.03 bits per heavy atom. The van der Waals surface area contributed by atoms with Crippen molar-refractivity contribution in [2.75, 3.05) is 0 Å². The molecule has 0 fully saturated rings. The van der Waals surface area contributed by atoms with Gasteiger partial charge in [-0.3, -0.25) is 0 Å². The monoisotopic (exact) mass is 546 g/mol. The summed E-state index contributed by atoms with van der Waals surface area (Å²) < 4.78 is 18.3. The molecule has 176 valence electrons. The van der Waals surface area contributed by atoms with Gasteiger partial charge in [0.05, 0.1) is 0 Å². The van der Waals surface area contributed by atoms with Crippen LogP contribution >= 0.6 is 0 Å². The fraction of sp³-hybridized carbons (Fsp3) is 0.536. The number of cyclic esters (lactones) is 1. The number of ether oxygens (including phenoxy) is 2. The van der Waals surface area contributed by atoms with Crippen LogP contribution in [-0.2, 0) is 4.74 Å². The fourth-order valence-electron chi connectivity index (χ4n) is 4.31. The quantitative estimate of drug-likeness (QED) is 0.142. The molecular weight excluding hydrogens is 503 g/mol. The molecule has 0 unspecified atom stereocenters. The topological polar surface area (TPSA) is 35.5 Å². The second kappa shape index (κ2) is 13.3. The van der Waals surface area contributed by atoms with Gasteiger partial charge in [-0.1, -0.05) is 0 Å². The first kappa shape index (κ1) is 26.8. The van der Waals surface area contributed by atoms with E-state index in [0.717, 1.165) is 5.56 Å². The Morgan fingerprint density at radius 2 is 1.44 bits per heavy atom. The first-order valence-electron chi connectivity index (χ1n) is 12.4. The van der Waals surface area contributed by atoms with Gasteiger partial charge in [0.15, 0.2) is 0 Å². The molecule has 0 spiro atoms. The van der Waals surface area contributed by atoms with Gasteiger partial charge >= 0.3 is 200 Å². The minimum atomic E-state index is -2.22. The number of benzene rings is 1. The first-order valence-corrected chi connectivity index (χ1v) is 20.1. The maximum absolute atomic E-state index is 12.5. The van der Waals surface area contributed by atoms with Crippen molar-refractivity contribution in [2.45, 2.75) is 92.2 Å². The summed E-state index contributed by atoms with van der Waals surface area (Å²) in [7, 11) is 0. The Balaban J connectivity index is 2.11. The van der Waals surface area contributed by atoms with Crippen LogP contribution in [-0.4, -0.2) is 30.1 Å². The van der Waals surface area contributed by atoms with Gasteiger partial charge in [-0.05, 0) is 0 Å². The number of unbranched alkanes of at least 4 members (excludes halogenated alkanes) is 3. The van der Waals surface area contributed by atoms with Crippen molar-refractivity contribution in [2.24, 2.45) is 0 Å². The van der Waals surface area contributed by atoms with Crippen molar-refractivity contribution in [1.29, 1.82) is 0 Å². The van der Waals surface area contributed by atoms with E-state index in [1.165, 1.54) is 51.8 Å². The van der Waals surface area contributed by atoms with Gasteiger partial charge in [-0.25, -0.2) is 0 Å². The molecule has 0 saturated carbocycles.